The third-order valence-corrected chi connectivity index (χ3v) is 4.35. The number of nitrogens with one attached hydrogen (secondary N) is 3. The van der Waals surface area contributed by atoms with Crippen LogP contribution in [0.4, 0.5) is 20.7 Å². The number of aryl methyl sites for hydroxylation is 2. The summed E-state index contributed by atoms with van der Waals surface area (Å²) in [6, 6.07) is 5.09. The van der Waals surface area contributed by atoms with E-state index in [1.807, 2.05) is 0 Å². The SMILES string of the molecule is Cc1ccc(NS(=O)(=O)CCNC(=O)Nc2ccn(C)n2)cc1F. The second kappa shape index (κ2) is 7.30. The van der Waals surface area contributed by atoms with Gasteiger partial charge < -0.3 is 5.32 Å². The highest BCUT2D eigenvalue weighted by Crippen LogP contribution is 2.14. The topological polar surface area (TPSA) is 105 Å². The van der Waals surface area contributed by atoms with Crippen LogP contribution in [0.5, 0.6) is 0 Å². The lowest BCUT2D eigenvalue weighted by Crippen LogP contribution is -2.34. The first-order valence-electron chi connectivity index (χ1n) is 7.06. The Balaban J connectivity index is 1.81. The van der Waals surface area contributed by atoms with E-state index in [0.717, 1.165) is 6.07 Å². The quantitative estimate of drug-likeness (QED) is 0.729. The van der Waals surface area contributed by atoms with Crippen molar-refractivity contribution in [3.63, 3.8) is 0 Å². The van der Waals surface area contributed by atoms with E-state index in [1.54, 1.807) is 26.2 Å². The molecular weight excluding hydrogens is 337 g/mol. The van der Waals surface area contributed by atoms with Gasteiger partial charge in [0.05, 0.1) is 11.4 Å². The molecule has 0 saturated heterocycles. The average molecular weight is 355 g/mol. The van der Waals surface area contributed by atoms with E-state index in [0.29, 0.717) is 11.4 Å². The van der Waals surface area contributed by atoms with E-state index >= 15 is 0 Å². The Bertz CT molecular complexity index is 835. The fourth-order valence-electron chi connectivity index (χ4n) is 1.83. The number of anilines is 2. The van der Waals surface area contributed by atoms with Crippen LogP contribution in [-0.2, 0) is 17.1 Å². The highest BCUT2D eigenvalue weighted by atomic mass is 32.2. The van der Waals surface area contributed by atoms with Crippen molar-refractivity contribution in [2.24, 2.45) is 7.05 Å². The molecule has 10 heteroatoms. The van der Waals surface area contributed by atoms with Crippen LogP contribution < -0.4 is 15.4 Å². The number of urea groups is 1. The smallest absolute Gasteiger partial charge is 0.320 e. The van der Waals surface area contributed by atoms with Crippen LogP contribution in [0.2, 0.25) is 0 Å². The molecule has 1 heterocycles. The molecule has 2 amide bonds. The van der Waals surface area contributed by atoms with Gasteiger partial charge in [-0.3, -0.25) is 14.7 Å². The lowest BCUT2D eigenvalue weighted by atomic mass is 10.2. The van der Waals surface area contributed by atoms with Gasteiger partial charge in [-0.2, -0.15) is 5.10 Å². The van der Waals surface area contributed by atoms with E-state index in [2.05, 4.69) is 20.5 Å². The minimum Gasteiger partial charge on any atom is -0.337 e. The minimum atomic E-state index is -3.71. The van der Waals surface area contributed by atoms with Gasteiger partial charge in [0.1, 0.15) is 5.82 Å². The van der Waals surface area contributed by atoms with Crippen LogP contribution in [0, 0.1) is 12.7 Å². The monoisotopic (exact) mass is 355 g/mol. The normalized spacial score (nSPS) is 11.1. The van der Waals surface area contributed by atoms with Gasteiger partial charge in [-0.25, -0.2) is 17.6 Å². The fraction of sp³-hybridized carbons (Fsp3) is 0.286. The molecule has 0 aliphatic heterocycles. The van der Waals surface area contributed by atoms with Crippen molar-refractivity contribution in [2.75, 3.05) is 22.3 Å². The Morgan fingerprint density at radius 1 is 1.33 bits per heavy atom. The Morgan fingerprint density at radius 3 is 2.71 bits per heavy atom. The first-order valence-corrected chi connectivity index (χ1v) is 8.71. The molecule has 0 atom stereocenters. The van der Waals surface area contributed by atoms with Crippen molar-refractivity contribution in [2.45, 2.75) is 6.92 Å². The van der Waals surface area contributed by atoms with Gasteiger partial charge in [0.15, 0.2) is 5.82 Å². The molecular formula is C14H18FN5O3S. The van der Waals surface area contributed by atoms with Gasteiger partial charge in [-0.1, -0.05) is 6.07 Å². The lowest BCUT2D eigenvalue weighted by molar-refractivity contribution is 0.252. The first kappa shape index (κ1) is 17.7. The summed E-state index contributed by atoms with van der Waals surface area (Å²) in [5.41, 5.74) is 0.557. The van der Waals surface area contributed by atoms with Gasteiger partial charge in [0.25, 0.3) is 0 Å². The summed E-state index contributed by atoms with van der Waals surface area (Å²) in [4.78, 5) is 11.6. The molecule has 0 saturated carbocycles. The summed E-state index contributed by atoms with van der Waals surface area (Å²) in [5.74, 6) is -0.493. The lowest BCUT2D eigenvalue weighted by Gasteiger charge is -2.09. The summed E-state index contributed by atoms with van der Waals surface area (Å²) >= 11 is 0. The van der Waals surface area contributed by atoms with E-state index in [4.69, 9.17) is 0 Å². The van der Waals surface area contributed by atoms with Gasteiger partial charge in [0, 0.05) is 25.9 Å². The van der Waals surface area contributed by atoms with Crippen molar-refractivity contribution in [3.8, 4) is 0 Å². The molecule has 0 aliphatic carbocycles. The summed E-state index contributed by atoms with van der Waals surface area (Å²) in [5, 5.41) is 8.83. The number of hydrogen-bond acceptors (Lipinski definition) is 4. The number of nitrogens with zero attached hydrogens (tertiary/aromatic N) is 2. The van der Waals surface area contributed by atoms with Gasteiger partial charge >= 0.3 is 6.03 Å². The molecule has 8 nitrogen and oxygen atoms in total. The van der Waals surface area contributed by atoms with Crippen molar-refractivity contribution in [1.29, 1.82) is 0 Å². The van der Waals surface area contributed by atoms with Crippen molar-refractivity contribution in [3.05, 3.63) is 41.8 Å². The maximum Gasteiger partial charge on any atom is 0.320 e. The van der Waals surface area contributed by atoms with Gasteiger partial charge in [0.2, 0.25) is 10.0 Å². The Labute approximate surface area is 139 Å². The largest absolute Gasteiger partial charge is 0.337 e. The van der Waals surface area contributed by atoms with E-state index in [-0.39, 0.29) is 18.0 Å². The molecule has 0 radical (unpaired) electrons. The molecule has 3 N–H and O–H groups in total. The number of carbonyl (C=O) groups excluding carboxylic acids is 1. The third-order valence-electron chi connectivity index (χ3n) is 3.06. The number of carbonyl (C=O) groups is 1. The predicted octanol–water partition coefficient (Wildman–Crippen LogP) is 1.43. The zero-order chi connectivity index (χ0) is 17.7. The van der Waals surface area contributed by atoms with E-state index < -0.39 is 21.9 Å². The molecule has 0 bridgehead atoms. The van der Waals surface area contributed by atoms with Gasteiger partial charge in [-0.05, 0) is 24.6 Å². The van der Waals surface area contributed by atoms with Crippen molar-refractivity contribution < 1.29 is 17.6 Å². The second-order valence-electron chi connectivity index (χ2n) is 5.14. The molecule has 1 aromatic carbocycles. The Hall–Kier alpha value is -2.62. The fourth-order valence-corrected chi connectivity index (χ4v) is 2.79. The van der Waals surface area contributed by atoms with E-state index in [9.17, 15) is 17.6 Å². The number of aromatic nitrogens is 2. The standard InChI is InChI=1S/C14H18FN5O3S/c1-10-3-4-11(9-12(10)15)19-24(22,23)8-6-16-14(21)17-13-5-7-20(2)18-13/h3-5,7,9,19H,6,8H2,1-2H3,(H2,16,17,18,21). The molecule has 0 fully saturated rings. The highest BCUT2D eigenvalue weighted by molar-refractivity contribution is 7.92. The Kier molecular flexibility index (Phi) is 5.39. The van der Waals surface area contributed by atoms with Crippen molar-refractivity contribution in [1.82, 2.24) is 15.1 Å². The van der Waals surface area contributed by atoms with Crippen LogP contribution in [0.15, 0.2) is 30.5 Å². The minimum absolute atomic E-state index is 0.109. The summed E-state index contributed by atoms with van der Waals surface area (Å²) in [6.45, 7) is 1.47. The molecule has 130 valence electrons. The molecule has 2 rings (SSSR count). The number of benzene rings is 1. The van der Waals surface area contributed by atoms with Crippen LogP contribution >= 0.6 is 0 Å². The zero-order valence-electron chi connectivity index (χ0n) is 13.2. The number of amides is 2. The van der Waals surface area contributed by atoms with Crippen LogP contribution in [0.3, 0.4) is 0 Å². The number of hydrogen-bond donors (Lipinski definition) is 3. The molecule has 2 aromatic rings. The van der Waals surface area contributed by atoms with Crippen molar-refractivity contribution >= 4 is 27.6 Å². The summed E-state index contributed by atoms with van der Waals surface area (Å²) < 4.78 is 41.0. The van der Waals surface area contributed by atoms with Gasteiger partial charge in [-0.15, -0.1) is 0 Å². The number of rotatable bonds is 6. The van der Waals surface area contributed by atoms with Crippen LogP contribution in [-0.4, -0.2) is 36.5 Å². The van der Waals surface area contributed by atoms with Crippen LogP contribution in [0.1, 0.15) is 5.56 Å². The number of halogens is 1. The average Bonchev–Trinajstić information content (AvgIpc) is 2.87. The highest BCUT2D eigenvalue weighted by Gasteiger charge is 2.12. The molecule has 0 unspecified atom stereocenters. The first-order chi connectivity index (χ1) is 11.2. The van der Waals surface area contributed by atoms with E-state index in [1.165, 1.54) is 16.8 Å². The predicted molar refractivity (Wildman–Crippen MR) is 88.8 cm³/mol. The summed E-state index contributed by atoms with van der Waals surface area (Å²) in [6.07, 6.45) is 1.66. The second-order valence-corrected chi connectivity index (χ2v) is 6.98. The molecule has 24 heavy (non-hydrogen) atoms. The number of sulfonamides is 1. The molecule has 0 spiro atoms. The zero-order valence-corrected chi connectivity index (χ0v) is 14.0. The maximum absolute atomic E-state index is 13.4. The molecule has 1 aromatic heterocycles. The van der Waals surface area contributed by atoms with Crippen LogP contribution in [0.25, 0.3) is 0 Å². The third kappa shape index (κ3) is 5.23. The molecule has 0 aliphatic rings. The maximum atomic E-state index is 13.4. The Morgan fingerprint density at radius 2 is 2.08 bits per heavy atom. The summed E-state index contributed by atoms with van der Waals surface area (Å²) in [7, 11) is -2.00.